The molecule has 3 rings (SSSR count). The zero-order valence-electron chi connectivity index (χ0n) is 17.1. The smallest absolute Gasteiger partial charge is 0.344 e. The van der Waals surface area contributed by atoms with E-state index >= 15 is 0 Å². The molecule has 32 heavy (non-hydrogen) atoms. The van der Waals surface area contributed by atoms with Crippen molar-refractivity contribution in [1.82, 2.24) is 0 Å². The summed E-state index contributed by atoms with van der Waals surface area (Å²) < 4.78 is 15.8. The molecule has 1 heterocycles. The van der Waals surface area contributed by atoms with E-state index in [2.05, 4.69) is 0 Å². The van der Waals surface area contributed by atoms with E-state index in [4.69, 9.17) is 26.4 Å². The van der Waals surface area contributed by atoms with Crippen LogP contribution in [0.2, 0.25) is 0 Å². The van der Waals surface area contributed by atoms with E-state index in [0.717, 1.165) is 11.8 Å². The van der Waals surface area contributed by atoms with Crippen LogP contribution in [0.1, 0.15) is 12.5 Å². The van der Waals surface area contributed by atoms with Crippen LogP contribution in [0.15, 0.2) is 47.4 Å². The van der Waals surface area contributed by atoms with Gasteiger partial charge in [-0.05, 0) is 36.8 Å². The fourth-order valence-corrected chi connectivity index (χ4v) is 4.12. The molecule has 166 valence electrons. The highest BCUT2D eigenvalue weighted by molar-refractivity contribution is 8.27. The Morgan fingerprint density at radius 3 is 2.72 bits per heavy atom. The Hall–Kier alpha value is -3.44. The van der Waals surface area contributed by atoms with Gasteiger partial charge in [0, 0.05) is 12.1 Å². The summed E-state index contributed by atoms with van der Waals surface area (Å²) in [5.41, 5.74) is 0.832. The van der Waals surface area contributed by atoms with Crippen molar-refractivity contribution in [3.8, 4) is 11.5 Å². The number of ether oxygens (including phenoxy) is 3. The number of nitro groups is 1. The van der Waals surface area contributed by atoms with Gasteiger partial charge >= 0.3 is 5.97 Å². The molecule has 1 aliphatic heterocycles. The molecule has 0 spiro atoms. The highest BCUT2D eigenvalue weighted by Crippen LogP contribution is 2.38. The molecular weight excluding hydrogens is 456 g/mol. The van der Waals surface area contributed by atoms with Gasteiger partial charge in [-0.3, -0.25) is 19.8 Å². The lowest BCUT2D eigenvalue weighted by Crippen LogP contribution is -2.27. The fraction of sp³-hybridized carbons (Fsp3) is 0.190. The number of thiocarbonyl (C=S) groups is 1. The molecule has 2 aromatic carbocycles. The van der Waals surface area contributed by atoms with Crippen molar-refractivity contribution in [3.05, 3.63) is 63.0 Å². The summed E-state index contributed by atoms with van der Waals surface area (Å²) in [6.45, 7) is 1.70. The van der Waals surface area contributed by atoms with Crippen LogP contribution in [0.3, 0.4) is 0 Å². The number of esters is 1. The van der Waals surface area contributed by atoms with Gasteiger partial charge in [0.15, 0.2) is 22.4 Å². The fourth-order valence-electron chi connectivity index (χ4n) is 2.82. The van der Waals surface area contributed by atoms with Crippen molar-refractivity contribution in [2.24, 2.45) is 0 Å². The first-order valence-corrected chi connectivity index (χ1v) is 10.6. The third-order valence-electron chi connectivity index (χ3n) is 4.23. The van der Waals surface area contributed by atoms with E-state index in [-0.39, 0.29) is 29.1 Å². The summed E-state index contributed by atoms with van der Waals surface area (Å²) in [7, 11) is 1.46. The predicted molar refractivity (Wildman–Crippen MR) is 124 cm³/mol. The molecule has 9 nitrogen and oxygen atoms in total. The van der Waals surface area contributed by atoms with Gasteiger partial charge < -0.3 is 14.2 Å². The predicted octanol–water partition coefficient (Wildman–Crippen LogP) is 3.95. The molecule has 0 N–H and O–H groups in total. The zero-order valence-corrected chi connectivity index (χ0v) is 18.7. The van der Waals surface area contributed by atoms with Gasteiger partial charge in [-0.25, -0.2) is 4.79 Å². The van der Waals surface area contributed by atoms with Crippen LogP contribution >= 0.6 is 24.0 Å². The number of non-ortho nitro benzene ring substituents is 1. The molecule has 0 saturated carbocycles. The van der Waals surface area contributed by atoms with Gasteiger partial charge in [0.1, 0.15) is 0 Å². The highest BCUT2D eigenvalue weighted by Gasteiger charge is 2.34. The van der Waals surface area contributed by atoms with Crippen LogP contribution in [0.25, 0.3) is 6.08 Å². The number of carbonyl (C=O) groups is 2. The lowest BCUT2D eigenvalue weighted by molar-refractivity contribution is -0.384. The molecule has 1 saturated heterocycles. The van der Waals surface area contributed by atoms with Gasteiger partial charge in [0.2, 0.25) is 0 Å². The minimum atomic E-state index is -0.533. The van der Waals surface area contributed by atoms with E-state index < -0.39 is 10.9 Å². The van der Waals surface area contributed by atoms with Gasteiger partial charge in [0.05, 0.1) is 29.2 Å². The molecule has 0 aliphatic carbocycles. The minimum absolute atomic E-state index is 0.135. The molecule has 0 radical (unpaired) electrons. The highest BCUT2D eigenvalue weighted by atomic mass is 32.2. The quantitative estimate of drug-likeness (QED) is 0.185. The number of thioether (sulfide) groups is 1. The number of methoxy groups -OCH3 is 1. The summed E-state index contributed by atoms with van der Waals surface area (Å²) in [5, 5.41) is 11.0. The largest absolute Gasteiger partial charge is 0.493 e. The summed E-state index contributed by atoms with van der Waals surface area (Å²) in [6.07, 6.45) is 1.63. The Morgan fingerprint density at radius 2 is 2.03 bits per heavy atom. The molecule has 1 amide bonds. The summed E-state index contributed by atoms with van der Waals surface area (Å²) in [4.78, 5) is 36.5. The normalized spacial score (nSPS) is 14.6. The Bertz CT molecular complexity index is 1120. The summed E-state index contributed by atoms with van der Waals surface area (Å²) in [5.74, 6) is -0.162. The van der Waals surface area contributed by atoms with E-state index in [1.165, 1.54) is 30.2 Å². The molecule has 2 aromatic rings. The lowest BCUT2D eigenvalue weighted by Gasteiger charge is -2.14. The Kier molecular flexibility index (Phi) is 7.44. The maximum Gasteiger partial charge on any atom is 0.344 e. The van der Waals surface area contributed by atoms with Crippen molar-refractivity contribution < 1.29 is 28.7 Å². The average molecular weight is 475 g/mol. The first kappa shape index (κ1) is 23.2. The maximum absolute atomic E-state index is 12.9. The molecule has 0 aromatic heterocycles. The van der Waals surface area contributed by atoms with Gasteiger partial charge in [-0.2, -0.15) is 0 Å². The Balaban J connectivity index is 1.82. The number of carbonyl (C=O) groups excluding carboxylic acids is 2. The number of benzene rings is 2. The van der Waals surface area contributed by atoms with Crippen LogP contribution in [0.4, 0.5) is 11.4 Å². The zero-order chi connectivity index (χ0) is 23.3. The molecule has 0 bridgehead atoms. The van der Waals surface area contributed by atoms with Crippen LogP contribution in [-0.2, 0) is 14.3 Å². The lowest BCUT2D eigenvalue weighted by atomic mass is 10.1. The number of anilines is 1. The second-order valence-corrected chi connectivity index (χ2v) is 7.97. The average Bonchev–Trinajstić information content (AvgIpc) is 3.05. The van der Waals surface area contributed by atoms with Crippen LogP contribution in [0.5, 0.6) is 11.5 Å². The number of rotatable bonds is 8. The van der Waals surface area contributed by atoms with E-state index in [9.17, 15) is 19.7 Å². The molecule has 11 heteroatoms. The summed E-state index contributed by atoms with van der Waals surface area (Å²) >= 11 is 6.41. The SMILES string of the molecule is CCOC(=O)COc1ccc(/C=C2\SC(=S)N(c3cccc([N+](=O)[O-])c3)C2=O)cc1OC. The van der Waals surface area contributed by atoms with Crippen molar-refractivity contribution in [3.63, 3.8) is 0 Å². The number of amides is 1. The number of nitrogens with zero attached hydrogens (tertiary/aromatic N) is 2. The Labute approximate surface area is 193 Å². The third kappa shape index (κ3) is 5.24. The van der Waals surface area contributed by atoms with Gasteiger partial charge in [-0.15, -0.1) is 0 Å². The van der Waals surface area contributed by atoms with Crippen LogP contribution < -0.4 is 14.4 Å². The first-order valence-electron chi connectivity index (χ1n) is 9.33. The number of nitro benzene ring substituents is 1. The van der Waals surface area contributed by atoms with E-state index in [1.807, 2.05) is 0 Å². The third-order valence-corrected chi connectivity index (χ3v) is 5.53. The first-order chi connectivity index (χ1) is 15.3. The minimum Gasteiger partial charge on any atom is -0.493 e. The van der Waals surface area contributed by atoms with Crippen molar-refractivity contribution in [1.29, 1.82) is 0 Å². The van der Waals surface area contributed by atoms with Crippen molar-refractivity contribution >= 4 is 57.6 Å². The molecule has 0 unspecified atom stereocenters. The standard InChI is InChI=1S/C21H18N2O7S2/c1-3-29-19(24)12-30-16-8-7-13(9-17(16)28-2)10-18-20(25)22(21(31)32-18)14-5-4-6-15(11-14)23(26)27/h4-11H,3,12H2,1-2H3/b18-10-. The van der Waals surface area contributed by atoms with E-state index in [0.29, 0.717) is 27.7 Å². The monoisotopic (exact) mass is 474 g/mol. The Morgan fingerprint density at radius 1 is 1.25 bits per heavy atom. The van der Waals surface area contributed by atoms with Gasteiger partial charge in [0.25, 0.3) is 11.6 Å². The van der Waals surface area contributed by atoms with Crippen molar-refractivity contribution in [2.75, 3.05) is 25.2 Å². The topological polar surface area (TPSA) is 108 Å². The second-order valence-electron chi connectivity index (χ2n) is 6.30. The maximum atomic E-state index is 12.9. The molecule has 0 atom stereocenters. The number of hydrogen-bond acceptors (Lipinski definition) is 9. The molecular formula is C21H18N2O7S2. The van der Waals surface area contributed by atoms with Gasteiger partial charge in [-0.1, -0.05) is 36.1 Å². The van der Waals surface area contributed by atoms with Crippen molar-refractivity contribution in [2.45, 2.75) is 6.92 Å². The molecule has 1 aliphatic rings. The summed E-state index contributed by atoms with van der Waals surface area (Å²) in [6, 6.07) is 10.7. The second kappa shape index (κ2) is 10.2. The van der Waals surface area contributed by atoms with Crippen LogP contribution in [-0.4, -0.2) is 41.4 Å². The van der Waals surface area contributed by atoms with Crippen LogP contribution in [0, 0.1) is 10.1 Å². The molecule has 1 fully saturated rings. The van der Waals surface area contributed by atoms with E-state index in [1.54, 1.807) is 37.3 Å². The number of hydrogen-bond donors (Lipinski definition) is 0.